The molecular formula is C54H93O6Sb. The second kappa shape index (κ2) is 62.0. The summed E-state index contributed by atoms with van der Waals surface area (Å²) < 4.78 is 0. The molecule has 0 rings (SSSR count). The number of unbranched alkanes of at least 4 members (excludes halogenated alkanes) is 24. The van der Waals surface area contributed by atoms with E-state index >= 15 is 0 Å². The van der Waals surface area contributed by atoms with E-state index in [1.165, 1.54) is 116 Å². The molecule has 0 aromatic rings. The van der Waals surface area contributed by atoms with Crippen LogP contribution in [0, 0.1) is 0 Å². The number of rotatable bonds is 42. The first-order valence-corrected chi connectivity index (χ1v) is 24.8. The standard InChI is InChI=1S/3C18H32O2.Sb/c3*1-2-3-4-5-6-7-8-9-10-11-12-13-14-15-16-17-18(19)20;/h3*6-7,9-10H,2-5,8,11-17H2,1H3,(H,19,20);/q;;;+3/p-3. The van der Waals surface area contributed by atoms with Crippen LogP contribution in [-0.4, -0.2) is 42.3 Å². The van der Waals surface area contributed by atoms with Gasteiger partial charge in [0.25, 0.3) is 0 Å². The molecule has 0 saturated carbocycles. The Balaban J connectivity index is -0.000000396. The van der Waals surface area contributed by atoms with E-state index < -0.39 is 17.9 Å². The van der Waals surface area contributed by atoms with Crippen LogP contribution in [0.15, 0.2) is 72.9 Å². The SMILES string of the molecule is CCCCCC=CCC=CCCCCCCCC(=O)[O-].CCCCCC=CCC=CCCCCCCCC(=O)[O-].CCCCCC=CCC=CCCCCCCCC(=O)[O-].[Sb+3]. The molecule has 0 amide bonds. The van der Waals surface area contributed by atoms with E-state index in [1.54, 1.807) is 0 Å². The molecule has 6 nitrogen and oxygen atoms in total. The molecule has 7 heteroatoms. The first-order chi connectivity index (χ1) is 29.3. The molecule has 0 aromatic heterocycles. The van der Waals surface area contributed by atoms with Crippen molar-refractivity contribution in [1.29, 1.82) is 0 Å². The van der Waals surface area contributed by atoms with Crippen LogP contribution in [0.5, 0.6) is 0 Å². The Morgan fingerprint density at radius 2 is 0.459 bits per heavy atom. The summed E-state index contributed by atoms with van der Waals surface area (Å²) in [5.41, 5.74) is 0. The van der Waals surface area contributed by atoms with Crippen molar-refractivity contribution in [2.24, 2.45) is 0 Å². The summed E-state index contributed by atoms with van der Waals surface area (Å²) in [7, 11) is 0. The van der Waals surface area contributed by atoms with Gasteiger partial charge in [0, 0.05) is 17.9 Å². The van der Waals surface area contributed by atoms with Crippen LogP contribution in [0.1, 0.15) is 252 Å². The van der Waals surface area contributed by atoms with Crippen molar-refractivity contribution in [3.8, 4) is 0 Å². The Labute approximate surface area is 394 Å². The van der Waals surface area contributed by atoms with Crippen LogP contribution in [-0.2, 0) is 14.4 Å². The van der Waals surface area contributed by atoms with Gasteiger partial charge in [-0.05, 0) is 135 Å². The summed E-state index contributed by atoms with van der Waals surface area (Å²) >= 11 is 0. The normalized spacial score (nSPS) is 11.5. The Morgan fingerprint density at radius 1 is 0.279 bits per heavy atom. The number of hydrogen-bond acceptors (Lipinski definition) is 6. The number of carboxylic acids is 3. The molecule has 61 heavy (non-hydrogen) atoms. The molecule has 350 valence electrons. The number of carbonyl (C=O) groups excluding carboxylic acids is 3. The molecule has 0 heterocycles. The maximum atomic E-state index is 10.2. The van der Waals surface area contributed by atoms with E-state index in [9.17, 15) is 29.7 Å². The van der Waals surface area contributed by atoms with E-state index in [4.69, 9.17) is 0 Å². The van der Waals surface area contributed by atoms with Gasteiger partial charge in [-0.3, -0.25) is 0 Å². The smallest absolute Gasteiger partial charge is 0.550 e. The van der Waals surface area contributed by atoms with Gasteiger partial charge in [-0.1, -0.05) is 190 Å². The molecule has 0 aliphatic carbocycles. The van der Waals surface area contributed by atoms with Gasteiger partial charge >= 0.3 is 24.4 Å². The third kappa shape index (κ3) is 75.5. The summed E-state index contributed by atoms with van der Waals surface area (Å²) in [5.74, 6) is -2.76. The fourth-order valence-corrected chi connectivity index (χ4v) is 6.24. The number of carboxylic acid groups (broad SMARTS) is 3. The van der Waals surface area contributed by atoms with Gasteiger partial charge in [0.1, 0.15) is 0 Å². The quantitative estimate of drug-likeness (QED) is 0.0341. The Bertz CT molecular complexity index is 940. The van der Waals surface area contributed by atoms with Crippen LogP contribution >= 0.6 is 0 Å². The zero-order valence-corrected chi connectivity index (χ0v) is 42.3. The molecule has 0 aromatic carbocycles. The fourth-order valence-electron chi connectivity index (χ4n) is 6.24. The van der Waals surface area contributed by atoms with Crippen LogP contribution < -0.4 is 15.3 Å². The molecule has 0 aliphatic rings. The van der Waals surface area contributed by atoms with Crippen molar-refractivity contribution < 1.29 is 29.7 Å². The first-order valence-electron chi connectivity index (χ1n) is 24.8. The van der Waals surface area contributed by atoms with E-state index in [1.807, 2.05) is 0 Å². The predicted molar refractivity (Wildman–Crippen MR) is 259 cm³/mol. The second-order valence-corrected chi connectivity index (χ2v) is 16.1. The van der Waals surface area contributed by atoms with Gasteiger partial charge in [0.05, 0.1) is 0 Å². The maximum absolute atomic E-state index is 10.2. The van der Waals surface area contributed by atoms with Gasteiger partial charge in [0.15, 0.2) is 0 Å². The van der Waals surface area contributed by atoms with E-state index in [-0.39, 0.29) is 43.7 Å². The molecule has 0 unspecified atom stereocenters. The summed E-state index contributed by atoms with van der Waals surface area (Å²) in [6, 6.07) is 0. The summed E-state index contributed by atoms with van der Waals surface area (Å²) in [6.07, 6.45) is 65.8. The van der Waals surface area contributed by atoms with Crippen molar-refractivity contribution in [1.82, 2.24) is 0 Å². The van der Waals surface area contributed by atoms with Crippen LogP contribution in [0.3, 0.4) is 0 Å². The molecule has 0 saturated heterocycles. The molecule has 0 bridgehead atoms. The topological polar surface area (TPSA) is 120 Å². The monoisotopic (exact) mass is 959 g/mol. The Kier molecular flexibility index (Phi) is 66.3. The summed E-state index contributed by atoms with van der Waals surface area (Å²) in [5, 5.41) is 30.6. The third-order valence-electron chi connectivity index (χ3n) is 9.99. The molecular weight excluding hydrogens is 866 g/mol. The molecule has 0 fully saturated rings. The molecule has 0 N–H and O–H groups in total. The van der Waals surface area contributed by atoms with E-state index in [2.05, 4.69) is 93.7 Å². The van der Waals surface area contributed by atoms with Gasteiger partial charge in [-0.15, -0.1) is 0 Å². The fraction of sp³-hybridized carbons (Fsp3) is 0.722. The zero-order valence-electron chi connectivity index (χ0n) is 39.8. The third-order valence-corrected chi connectivity index (χ3v) is 9.99. The molecule has 2 radical (unpaired) electrons. The van der Waals surface area contributed by atoms with E-state index in [0.29, 0.717) is 0 Å². The minimum Gasteiger partial charge on any atom is -0.550 e. The number of allylic oxidation sites excluding steroid dienone is 12. The van der Waals surface area contributed by atoms with Crippen molar-refractivity contribution in [3.63, 3.8) is 0 Å². The van der Waals surface area contributed by atoms with Crippen molar-refractivity contribution >= 4 is 42.3 Å². The molecule has 0 atom stereocenters. The average Bonchev–Trinajstić information content (AvgIpc) is 3.22. The zero-order chi connectivity index (χ0) is 44.7. The summed E-state index contributed by atoms with van der Waals surface area (Å²) in [6.45, 7) is 6.70. The largest absolute Gasteiger partial charge is 3.00 e. The van der Waals surface area contributed by atoms with Crippen LogP contribution in [0.4, 0.5) is 0 Å². The van der Waals surface area contributed by atoms with Gasteiger partial charge < -0.3 is 29.7 Å². The second-order valence-electron chi connectivity index (χ2n) is 16.1. The first kappa shape index (κ1) is 65.3. The van der Waals surface area contributed by atoms with Crippen molar-refractivity contribution in [2.75, 3.05) is 0 Å². The minimum absolute atomic E-state index is 0. The average molecular weight is 960 g/mol. The van der Waals surface area contributed by atoms with Gasteiger partial charge in [0.2, 0.25) is 0 Å². The van der Waals surface area contributed by atoms with Crippen LogP contribution in [0.2, 0.25) is 0 Å². The van der Waals surface area contributed by atoms with E-state index in [0.717, 1.165) is 96.3 Å². The number of hydrogen-bond donors (Lipinski definition) is 0. The van der Waals surface area contributed by atoms with Crippen LogP contribution in [0.25, 0.3) is 0 Å². The minimum atomic E-state index is -0.921. The predicted octanol–water partition coefficient (Wildman–Crippen LogP) is 13.3. The van der Waals surface area contributed by atoms with Gasteiger partial charge in [-0.25, -0.2) is 0 Å². The number of carbonyl (C=O) groups is 3. The van der Waals surface area contributed by atoms with Gasteiger partial charge in [-0.2, -0.15) is 0 Å². The van der Waals surface area contributed by atoms with Crippen molar-refractivity contribution in [2.45, 2.75) is 252 Å². The van der Waals surface area contributed by atoms with Crippen molar-refractivity contribution in [3.05, 3.63) is 72.9 Å². The summed E-state index contributed by atoms with van der Waals surface area (Å²) in [4.78, 5) is 30.6. The maximum Gasteiger partial charge on any atom is 3.00 e. The Hall–Kier alpha value is -2.33. The molecule has 0 spiro atoms. The Morgan fingerprint density at radius 3 is 0.656 bits per heavy atom. The number of aliphatic carboxylic acids is 3. The molecule has 0 aliphatic heterocycles.